The van der Waals surface area contributed by atoms with Gasteiger partial charge >= 0.3 is 0 Å². The predicted molar refractivity (Wildman–Crippen MR) is 68.9 cm³/mol. The van der Waals surface area contributed by atoms with Crippen LogP contribution >= 0.6 is 0 Å². The fourth-order valence-corrected chi connectivity index (χ4v) is 1.76. The minimum atomic E-state index is 0.597. The van der Waals surface area contributed by atoms with E-state index in [4.69, 9.17) is 10.00 Å². The Balaban J connectivity index is 2.37. The van der Waals surface area contributed by atoms with E-state index in [9.17, 15) is 0 Å². The maximum atomic E-state index is 9.09. The van der Waals surface area contributed by atoms with Crippen molar-refractivity contribution in [3.8, 4) is 11.9 Å². The largest absolute Gasteiger partial charge is 0.481 e. The van der Waals surface area contributed by atoms with Gasteiger partial charge in [-0.2, -0.15) is 10.4 Å². The first-order valence-electron chi connectivity index (χ1n) is 5.50. The molecule has 0 bridgehead atoms. The van der Waals surface area contributed by atoms with Gasteiger partial charge in [0.2, 0.25) is 5.88 Å². The van der Waals surface area contributed by atoms with Gasteiger partial charge in [0.15, 0.2) is 5.82 Å². The first-order chi connectivity index (χ1) is 8.65. The van der Waals surface area contributed by atoms with Crippen LogP contribution in [-0.2, 0) is 7.05 Å². The first-order valence-corrected chi connectivity index (χ1v) is 5.50. The van der Waals surface area contributed by atoms with Gasteiger partial charge in [-0.3, -0.25) is 0 Å². The molecule has 0 fully saturated rings. The molecule has 2 rings (SSSR count). The molecule has 0 radical (unpaired) electrons. The van der Waals surface area contributed by atoms with Gasteiger partial charge in [-0.1, -0.05) is 12.1 Å². The number of nitrogens with one attached hydrogen (secondary N) is 1. The van der Waals surface area contributed by atoms with Crippen LogP contribution in [0.3, 0.4) is 0 Å². The third kappa shape index (κ3) is 2.13. The van der Waals surface area contributed by atoms with Gasteiger partial charge in [0.05, 0.1) is 18.4 Å². The molecule has 1 heterocycles. The highest BCUT2D eigenvalue weighted by Gasteiger charge is 2.09. The Morgan fingerprint density at radius 1 is 1.44 bits per heavy atom. The van der Waals surface area contributed by atoms with E-state index in [-0.39, 0.29) is 0 Å². The van der Waals surface area contributed by atoms with Crippen molar-refractivity contribution in [3.05, 3.63) is 35.4 Å². The third-order valence-corrected chi connectivity index (χ3v) is 2.69. The van der Waals surface area contributed by atoms with Crippen molar-refractivity contribution in [2.45, 2.75) is 6.92 Å². The van der Waals surface area contributed by atoms with Crippen LogP contribution in [0.25, 0.3) is 0 Å². The molecule has 5 nitrogen and oxygen atoms in total. The Morgan fingerprint density at radius 3 is 2.83 bits per heavy atom. The van der Waals surface area contributed by atoms with E-state index in [1.165, 1.54) is 0 Å². The summed E-state index contributed by atoms with van der Waals surface area (Å²) in [6.07, 6.45) is 0. The topological polar surface area (TPSA) is 62.9 Å². The van der Waals surface area contributed by atoms with E-state index in [0.717, 1.165) is 11.3 Å². The molecule has 0 atom stereocenters. The number of ether oxygens (including phenoxy) is 1. The zero-order valence-corrected chi connectivity index (χ0v) is 10.6. The van der Waals surface area contributed by atoms with E-state index in [2.05, 4.69) is 16.5 Å². The fourth-order valence-electron chi connectivity index (χ4n) is 1.76. The van der Waals surface area contributed by atoms with Crippen LogP contribution in [0.2, 0.25) is 0 Å². The summed E-state index contributed by atoms with van der Waals surface area (Å²) in [5, 5.41) is 16.5. The molecule has 18 heavy (non-hydrogen) atoms. The quantitative estimate of drug-likeness (QED) is 0.897. The summed E-state index contributed by atoms with van der Waals surface area (Å²) >= 11 is 0. The summed E-state index contributed by atoms with van der Waals surface area (Å²) in [5.41, 5.74) is 2.37. The van der Waals surface area contributed by atoms with E-state index < -0.39 is 0 Å². The molecule has 0 unspecified atom stereocenters. The summed E-state index contributed by atoms with van der Waals surface area (Å²) in [4.78, 5) is 0. The van der Waals surface area contributed by atoms with Crippen LogP contribution in [-0.4, -0.2) is 16.9 Å². The summed E-state index contributed by atoms with van der Waals surface area (Å²) < 4.78 is 6.78. The van der Waals surface area contributed by atoms with Crippen LogP contribution in [0.1, 0.15) is 11.1 Å². The zero-order valence-electron chi connectivity index (χ0n) is 10.6. The highest BCUT2D eigenvalue weighted by Crippen LogP contribution is 2.25. The minimum absolute atomic E-state index is 0.597. The lowest BCUT2D eigenvalue weighted by Crippen LogP contribution is -1.98. The van der Waals surface area contributed by atoms with Crippen molar-refractivity contribution in [1.29, 1.82) is 5.26 Å². The number of aryl methyl sites for hydroxylation is 2. The molecule has 92 valence electrons. The third-order valence-electron chi connectivity index (χ3n) is 2.69. The molecular formula is C13H14N4O. The van der Waals surface area contributed by atoms with Gasteiger partial charge < -0.3 is 10.1 Å². The normalized spacial score (nSPS) is 9.89. The SMILES string of the molecule is COc1cc(Nc2c(C)cccc2C#N)nn1C. The highest BCUT2D eigenvalue weighted by molar-refractivity contribution is 5.68. The zero-order chi connectivity index (χ0) is 13.1. The standard InChI is InChI=1S/C13H14N4O/c1-9-5-4-6-10(8-14)13(9)15-11-7-12(18-3)17(2)16-11/h4-7H,1-3H3,(H,15,16). The van der Waals surface area contributed by atoms with Crippen molar-refractivity contribution in [1.82, 2.24) is 9.78 Å². The number of rotatable bonds is 3. The molecule has 1 N–H and O–H groups in total. The number of nitrogens with zero attached hydrogens (tertiary/aromatic N) is 3. The molecule has 1 aromatic carbocycles. The molecule has 0 saturated heterocycles. The second-order valence-electron chi connectivity index (χ2n) is 3.93. The molecule has 0 aliphatic heterocycles. The number of anilines is 2. The Labute approximate surface area is 106 Å². The first kappa shape index (κ1) is 12.0. The van der Waals surface area contributed by atoms with Crippen LogP contribution in [0.15, 0.2) is 24.3 Å². The number of aromatic nitrogens is 2. The van der Waals surface area contributed by atoms with Crippen molar-refractivity contribution in [2.75, 3.05) is 12.4 Å². The molecule has 2 aromatic rings. The molecule has 0 saturated carbocycles. The fraction of sp³-hybridized carbons (Fsp3) is 0.231. The average Bonchev–Trinajstić information content (AvgIpc) is 2.72. The second kappa shape index (κ2) is 4.80. The number of methoxy groups -OCH3 is 1. The van der Waals surface area contributed by atoms with Crippen molar-refractivity contribution in [3.63, 3.8) is 0 Å². The number of hydrogen-bond donors (Lipinski definition) is 1. The van der Waals surface area contributed by atoms with Gasteiger partial charge in [0.25, 0.3) is 0 Å². The van der Waals surface area contributed by atoms with Crippen molar-refractivity contribution < 1.29 is 4.74 Å². The number of para-hydroxylation sites is 1. The molecule has 0 amide bonds. The summed E-state index contributed by atoms with van der Waals surface area (Å²) in [7, 11) is 3.39. The molecule has 0 aliphatic carbocycles. The molecule has 0 aliphatic rings. The van der Waals surface area contributed by atoms with E-state index in [0.29, 0.717) is 17.3 Å². The molecule has 5 heteroatoms. The Kier molecular flexibility index (Phi) is 3.20. The van der Waals surface area contributed by atoms with E-state index in [1.54, 1.807) is 31.0 Å². The highest BCUT2D eigenvalue weighted by atomic mass is 16.5. The Bertz CT molecular complexity index is 610. The van der Waals surface area contributed by atoms with E-state index in [1.807, 2.05) is 19.1 Å². The molecule has 0 spiro atoms. The minimum Gasteiger partial charge on any atom is -0.481 e. The van der Waals surface area contributed by atoms with Crippen molar-refractivity contribution >= 4 is 11.5 Å². The predicted octanol–water partition coefficient (Wildman–Crippen LogP) is 2.35. The van der Waals surface area contributed by atoms with Crippen LogP contribution in [0.5, 0.6) is 5.88 Å². The van der Waals surface area contributed by atoms with Gasteiger partial charge in [0.1, 0.15) is 6.07 Å². The van der Waals surface area contributed by atoms with Gasteiger partial charge in [-0.05, 0) is 18.6 Å². The summed E-state index contributed by atoms with van der Waals surface area (Å²) in [5.74, 6) is 1.31. The lowest BCUT2D eigenvalue weighted by molar-refractivity contribution is 0.373. The van der Waals surface area contributed by atoms with Gasteiger partial charge in [0, 0.05) is 13.1 Å². The van der Waals surface area contributed by atoms with Crippen molar-refractivity contribution in [2.24, 2.45) is 7.05 Å². The number of benzene rings is 1. The number of nitriles is 1. The Hall–Kier alpha value is -2.48. The van der Waals surface area contributed by atoms with Gasteiger partial charge in [-0.25, -0.2) is 4.68 Å². The molecule has 1 aromatic heterocycles. The average molecular weight is 242 g/mol. The monoisotopic (exact) mass is 242 g/mol. The summed E-state index contributed by atoms with van der Waals surface area (Å²) in [6, 6.07) is 9.53. The molecular weight excluding hydrogens is 228 g/mol. The lowest BCUT2D eigenvalue weighted by atomic mass is 10.1. The van der Waals surface area contributed by atoms with Crippen LogP contribution < -0.4 is 10.1 Å². The van der Waals surface area contributed by atoms with Crippen LogP contribution in [0, 0.1) is 18.3 Å². The maximum Gasteiger partial charge on any atom is 0.213 e. The smallest absolute Gasteiger partial charge is 0.213 e. The van der Waals surface area contributed by atoms with E-state index >= 15 is 0 Å². The van der Waals surface area contributed by atoms with Gasteiger partial charge in [-0.15, -0.1) is 0 Å². The Morgan fingerprint density at radius 2 is 2.22 bits per heavy atom. The summed E-state index contributed by atoms with van der Waals surface area (Å²) in [6.45, 7) is 1.95. The van der Waals surface area contributed by atoms with Crippen LogP contribution in [0.4, 0.5) is 11.5 Å². The lowest BCUT2D eigenvalue weighted by Gasteiger charge is -2.08. The maximum absolute atomic E-state index is 9.09. The number of hydrogen-bond acceptors (Lipinski definition) is 4. The second-order valence-corrected chi connectivity index (χ2v) is 3.93.